The van der Waals surface area contributed by atoms with Crippen LogP contribution in [-0.4, -0.2) is 42.9 Å². The zero-order valence-electron chi connectivity index (χ0n) is 19.9. The first-order valence-electron chi connectivity index (χ1n) is 11.6. The molecule has 0 bridgehead atoms. The van der Waals surface area contributed by atoms with Crippen LogP contribution in [0.1, 0.15) is 18.5 Å². The van der Waals surface area contributed by atoms with Crippen LogP contribution in [0.15, 0.2) is 65.7 Å². The van der Waals surface area contributed by atoms with E-state index in [0.29, 0.717) is 17.9 Å². The first-order valence-corrected chi connectivity index (χ1v) is 11.6. The van der Waals surface area contributed by atoms with Crippen LogP contribution in [0.4, 0.5) is 13.2 Å². The minimum atomic E-state index is -5.08. The maximum absolute atomic E-state index is 13.0. The summed E-state index contributed by atoms with van der Waals surface area (Å²) in [5.74, 6) is -2.76. The molecule has 0 radical (unpaired) electrons. The first kappa shape index (κ1) is 26.3. The summed E-state index contributed by atoms with van der Waals surface area (Å²) in [6.07, 6.45) is 0.665. The van der Waals surface area contributed by atoms with Gasteiger partial charge in [0.1, 0.15) is 11.8 Å². The molecule has 5 N–H and O–H groups in total. The van der Waals surface area contributed by atoms with Crippen LogP contribution in [0.2, 0.25) is 0 Å². The zero-order chi connectivity index (χ0) is 27.4. The van der Waals surface area contributed by atoms with E-state index in [1.165, 1.54) is 0 Å². The summed E-state index contributed by atoms with van der Waals surface area (Å²) in [6, 6.07) is 18.1. The van der Waals surface area contributed by atoms with Gasteiger partial charge in [-0.1, -0.05) is 36.4 Å². The fourth-order valence-corrected chi connectivity index (χ4v) is 4.29. The standard InChI is InChI=1S/C24H22N6O.C2HF3O2/c25-11-5-6-12-29-15-18(16-7-2-4-10-21(16)29)23-20(13-26)28-24(31)30(23)22-14-27-19-9-3-1-8-17(19)22;3-2(4,5)1(6)7/h1-4,7-10,14-15,27H,5-6,11-12,25H2,(H,28,31);(H,6,7). The number of benzene rings is 2. The molecule has 12 heteroatoms. The van der Waals surface area contributed by atoms with Crippen molar-refractivity contribution in [2.24, 2.45) is 5.73 Å². The minimum absolute atomic E-state index is 0.250. The number of rotatable bonds is 6. The third kappa shape index (κ3) is 5.05. The van der Waals surface area contributed by atoms with Gasteiger partial charge in [0.25, 0.3) is 0 Å². The number of aromatic nitrogens is 4. The number of H-pyrrole nitrogens is 2. The lowest BCUT2D eigenvalue weighted by Gasteiger charge is -2.06. The highest BCUT2D eigenvalue weighted by atomic mass is 19.4. The fraction of sp³-hybridized carbons (Fsp3) is 0.192. The van der Waals surface area contributed by atoms with Crippen molar-refractivity contribution in [2.45, 2.75) is 25.6 Å². The van der Waals surface area contributed by atoms with Crippen molar-refractivity contribution in [3.05, 3.63) is 77.1 Å². The lowest BCUT2D eigenvalue weighted by Crippen LogP contribution is -2.21. The number of alkyl halides is 3. The number of unbranched alkanes of at least 4 members (excludes halogenated alkanes) is 1. The molecule has 0 spiro atoms. The quantitative estimate of drug-likeness (QED) is 0.242. The predicted octanol–water partition coefficient (Wildman–Crippen LogP) is 4.51. The Labute approximate surface area is 213 Å². The van der Waals surface area contributed by atoms with Crippen LogP contribution in [-0.2, 0) is 11.3 Å². The Bertz CT molecular complexity index is 1700. The minimum Gasteiger partial charge on any atom is -0.475 e. The van der Waals surface area contributed by atoms with Gasteiger partial charge in [-0.25, -0.2) is 9.59 Å². The number of carboxylic acids is 1. The number of nitriles is 1. The number of aryl methyl sites for hydroxylation is 1. The molecule has 3 heterocycles. The number of aliphatic carboxylic acids is 1. The molecule has 5 rings (SSSR count). The summed E-state index contributed by atoms with van der Waals surface area (Å²) in [5, 5.41) is 18.9. The number of hydrogen-bond donors (Lipinski definition) is 4. The highest BCUT2D eigenvalue weighted by molar-refractivity contribution is 5.97. The van der Waals surface area contributed by atoms with Crippen LogP contribution in [0.5, 0.6) is 0 Å². The number of nitrogens with one attached hydrogen (secondary N) is 2. The Balaban J connectivity index is 0.000000426. The summed E-state index contributed by atoms with van der Waals surface area (Å²) in [5.41, 5.74) is 9.72. The largest absolute Gasteiger partial charge is 0.490 e. The molecule has 0 aliphatic carbocycles. The van der Waals surface area contributed by atoms with Crippen LogP contribution >= 0.6 is 0 Å². The average molecular weight is 525 g/mol. The Morgan fingerprint density at radius 2 is 1.74 bits per heavy atom. The normalized spacial score (nSPS) is 11.3. The van der Waals surface area contributed by atoms with E-state index in [9.17, 15) is 23.2 Å². The molecule has 196 valence electrons. The molecule has 9 nitrogen and oxygen atoms in total. The first-order chi connectivity index (χ1) is 18.2. The third-order valence-corrected chi connectivity index (χ3v) is 5.95. The maximum Gasteiger partial charge on any atom is 0.490 e. The van der Waals surface area contributed by atoms with Gasteiger partial charge in [-0.3, -0.25) is 9.55 Å². The number of nitrogens with two attached hydrogens (primary N) is 1. The molecule has 5 aromatic rings. The van der Waals surface area contributed by atoms with E-state index in [0.717, 1.165) is 46.8 Å². The summed E-state index contributed by atoms with van der Waals surface area (Å²) >= 11 is 0. The number of para-hydroxylation sites is 2. The van der Waals surface area contributed by atoms with Crippen molar-refractivity contribution >= 4 is 27.8 Å². The van der Waals surface area contributed by atoms with Crippen molar-refractivity contribution in [1.82, 2.24) is 19.1 Å². The second-order valence-electron chi connectivity index (χ2n) is 8.37. The van der Waals surface area contributed by atoms with Crippen LogP contribution in [0, 0.1) is 11.3 Å². The molecule has 0 saturated heterocycles. The van der Waals surface area contributed by atoms with Gasteiger partial charge < -0.3 is 20.4 Å². The lowest BCUT2D eigenvalue weighted by molar-refractivity contribution is -0.192. The smallest absolute Gasteiger partial charge is 0.475 e. The zero-order valence-corrected chi connectivity index (χ0v) is 19.9. The monoisotopic (exact) mass is 524 g/mol. The number of imidazole rings is 1. The van der Waals surface area contributed by atoms with Crippen LogP contribution in [0.25, 0.3) is 38.8 Å². The van der Waals surface area contributed by atoms with Crippen molar-refractivity contribution in [3.8, 4) is 23.0 Å². The van der Waals surface area contributed by atoms with Crippen molar-refractivity contribution in [3.63, 3.8) is 0 Å². The van der Waals surface area contributed by atoms with E-state index in [4.69, 9.17) is 15.6 Å². The van der Waals surface area contributed by atoms with Gasteiger partial charge in [-0.2, -0.15) is 18.4 Å². The number of carboxylic acid groups (broad SMARTS) is 1. The molecule has 2 aromatic carbocycles. The Kier molecular flexibility index (Phi) is 7.40. The van der Waals surface area contributed by atoms with E-state index >= 15 is 0 Å². The van der Waals surface area contributed by atoms with E-state index in [1.54, 1.807) is 4.57 Å². The highest BCUT2D eigenvalue weighted by Gasteiger charge is 2.38. The van der Waals surface area contributed by atoms with Crippen molar-refractivity contribution < 1.29 is 23.1 Å². The number of fused-ring (bicyclic) bond motifs is 2. The number of carbonyl (C=O) groups is 1. The molecule has 0 atom stereocenters. The third-order valence-electron chi connectivity index (χ3n) is 5.95. The van der Waals surface area contributed by atoms with Gasteiger partial charge in [-0.05, 0) is 31.5 Å². The Hall–Kier alpha value is -4.76. The average Bonchev–Trinajstić information content (AvgIpc) is 3.57. The summed E-state index contributed by atoms with van der Waals surface area (Å²) in [6.45, 7) is 1.48. The van der Waals surface area contributed by atoms with Crippen molar-refractivity contribution in [1.29, 1.82) is 5.26 Å². The predicted molar refractivity (Wildman–Crippen MR) is 136 cm³/mol. The molecule has 0 unspecified atom stereocenters. The summed E-state index contributed by atoms with van der Waals surface area (Å²) < 4.78 is 35.5. The fourth-order valence-electron chi connectivity index (χ4n) is 4.29. The van der Waals surface area contributed by atoms with Gasteiger partial charge in [0, 0.05) is 46.3 Å². The molecule has 38 heavy (non-hydrogen) atoms. The van der Waals surface area contributed by atoms with E-state index in [2.05, 4.69) is 26.7 Å². The topological polar surface area (TPSA) is 146 Å². The van der Waals surface area contributed by atoms with Crippen LogP contribution in [0.3, 0.4) is 0 Å². The van der Waals surface area contributed by atoms with Gasteiger partial charge in [0.2, 0.25) is 0 Å². The number of aromatic amines is 2. The van der Waals surface area contributed by atoms with E-state index in [-0.39, 0.29) is 11.4 Å². The summed E-state index contributed by atoms with van der Waals surface area (Å²) in [7, 11) is 0. The molecule has 3 aromatic heterocycles. The molecule has 0 saturated carbocycles. The second-order valence-corrected chi connectivity index (χ2v) is 8.37. The van der Waals surface area contributed by atoms with Crippen LogP contribution < -0.4 is 11.4 Å². The Morgan fingerprint density at radius 1 is 1.08 bits per heavy atom. The second kappa shape index (κ2) is 10.7. The number of hydrogen-bond acceptors (Lipinski definition) is 4. The molecule has 0 aliphatic rings. The number of nitrogens with zero attached hydrogens (tertiary/aromatic N) is 3. The van der Waals surface area contributed by atoms with E-state index in [1.807, 2.05) is 54.9 Å². The lowest BCUT2D eigenvalue weighted by atomic mass is 10.1. The van der Waals surface area contributed by atoms with Gasteiger partial charge in [-0.15, -0.1) is 0 Å². The SMILES string of the molecule is N#Cc1[nH]c(=O)n(-c2c[nH]c3ccccc23)c1-c1cn(CCCCN)c2ccccc12.O=C(O)C(F)(F)F. The van der Waals surface area contributed by atoms with Crippen molar-refractivity contribution in [2.75, 3.05) is 6.54 Å². The molecule has 0 aliphatic heterocycles. The van der Waals surface area contributed by atoms with Gasteiger partial charge in [0.15, 0.2) is 0 Å². The number of halogens is 3. The maximum atomic E-state index is 13.0. The molecular formula is C26H23F3N6O3. The van der Waals surface area contributed by atoms with E-state index < -0.39 is 12.1 Å². The molecular weight excluding hydrogens is 501 g/mol. The summed E-state index contributed by atoms with van der Waals surface area (Å²) in [4.78, 5) is 27.9. The molecule has 0 amide bonds. The Morgan fingerprint density at radius 3 is 2.39 bits per heavy atom. The molecule has 0 fully saturated rings. The van der Waals surface area contributed by atoms with Gasteiger partial charge in [0.05, 0.1) is 11.4 Å². The van der Waals surface area contributed by atoms with Gasteiger partial charge >= 0.3 is 17.8 Å². The highest BCUT2D eigenvalue weighted by Crippen LogP contribution is 2.34.